The second kappa shape index (κ2) is 5.82. The maximum atomic E-state index is 5.50. The monoisotopic (exact) mass is 235 g/mol. The van der Waals surface area contributed by atoms with Gasteiger partial charge in [-0.15, -0.1) is 0 Å². The summed E-state index contributed by atoms with van der Waals surface area (Å²) in [7, 11) is 0. The largest absolute Gasteiger partial charge is 0.382 e. The molecule has 1 aromatic rings. The zero-order valence-corrected chi connectivity index (χ0v) is 10.4. The summed E-state index contributed by atoms with van der Waals surface area (Å²) in [5.41, 5.74) is 5.50. The maximum absolute atomic E-state index is 5.50. The Bertz CT molecular complexity index is 329. The molecule has 0 aromatic carbocycles. The molecule has 17 heavy (non-hydrogen) atoms. The van der Waals surface area contributed by atoms with Crippen molar-refractivity contribution in [2.75, 3.05) is 30.7 Å². The van der Waals surface area contributed by atoms with Crippen molar-refractivity contribution in [1.29, 1.82) is 0 Å². The lowest BCUT2D eigenvalue weighted by Crippen LogP contribution is -2.39. The molecule has 1 aliphatic rings. The molecule has 5 heteroatoms. The van der Waals surface area contributed by atoms with E-state index in [2.05, 4.69) is 27.1 Å². The molecule has 0 unspecified atom stereocenters. The van der Waals surface area contributed by atoms with E-state index in [4.69, 9.17) is 5.73 Å². The third-order valence-corrected chi connectivity index (χ3v) is 3.15. The van der Waals surface area contributed by atoms with Gasteiger partial charge in [-0.2, -0.15) is 0 Å². The average molecular weight is 235 g/mol. The average Bonchev–Trinajstić information content (AvgIpc) is 2.35. The van der Waals surface area contributed by atoms with Gasteiger partial charge in [0.1, 0.15) is 11.6 Å². The van der Waals surface area contributed by atoms with Crippen LogP contribution in [-0.4, -0.2) is 40.5 Å². The Hall–Kier alpha value is -1.36. The quantitative estimate of drug-likeness (QED) is 0.824. The number of hydrogen-bond donors (Lipinski definition) is 2. The van der Waals surface area contributed by atoms with Crippen molar-refractivity contribution in [2.45, 2.75) is 32.2 Å². The van der Waals surface area contributed by atoms with Crippen LogP contribution in [0.5, 0.6) is 0 Å². The Morgan fingerprint density at radius 2 is 2.12 bits per heavy atom. The molecule has 0 amide bonds. The minimum absolute atomic E-state index is 0.466. The van der Waals surface area contributed by atoms with Crippen molar-refractivity contribution < 1.29 is 0 Å². The molecule has 0 saturated carbocycles. The van der Waals surface area contributed by atoms with Crippen LogP contribution in [0.2, 0.25) is 0 Å². The molecule has 0 bridgehead atoms. The predicted octanol–water partition coefficient (Wildman–Crippen LogP) is 1.35. The zero-order valence-electron chi connectivity index (χ0n) is 10.4. The molecule has 94 valence electrons. The zero-order chi connectivity index (χ0) is 12.1. The molecule has 3 N–H and O–H groups in total. The first kappa shape index (κ1) is 12.1. The lowest BCUT2D eigenvalue weighted by atomic mass is 10.1. The summed E-state index contributed by atoms with van der Waals surface area (Å²) in [4.78, 5) is 10.8. The van der Waals surface area contributed by atoms with Gasteiger partial charge in [-0.1, -0.05) is 6.92 Å². The number of anilines is 2. The summed E-state index contributed by atoms with van der Waals surface area (Å²) in [5.74, 6) is 1.29. The van der Waals surface area contributed by atoms with Gasteiger partial charge >= 0.3 is 0 Å². The van der Waals surface area contributed by atoms with Gasteiger partial charge in [-0.25, -0.2) is 9.97 Å². The van der Waals surface area contributed by atoms with Crippen LogP contribution in [-0.2, 0) is 0 Å². The fraction of sp³-hybridized carbons (Fsp3) is 0.667. The normalized spacial score (nSPS) is 18.2. The van der Waals surface area contributed by atoms with E-state index in [1.807, 2.05) is 0 Å². The summed E-state index contributed by atoms with van der Waals surface area (Å²) in [6.07, 6.45) is 6.88. The van der Waals surface area contributed by atoms with E-state index in [0.717, 1.165) is 5.82 Å². The fourth-order valence-corrected chi connectivity index (χ4v) is 2.24. The van der Waals surface area contributed by atoms with Crippen molar-refractivity contribution in [3.05, 3.63) is 12.4 Å². The minimum Gasteiger partial charge on any atom is -0.382 e. The topological polar surface area (TPSA) is 67.1 Å². The maximum Gasteiger partial charge on any atom is 0.144 e. The van der Waals surface area contributed by atoms with E-state index in [-0.39, 0.29) is 0 Å². The highest BCUT2D eigenvalue weighted by atomic mass is 15.1. The number of nitrogens with two attached hydrogens (primary N) is 1. The molecular weight excluding hydrogens is 214 g/mol. The fourth-order valence-electron chi connectivity index (χ4n) is 2.24. The molecule has 1 saturated heterocycles. The molecule has 0 aliphatic carbocycles. The van der Waals surface area contributed by atoms with Gasteiger partial charge in [0.05, 0.1) is 12.4 Å². The summed E-state index contributed by atoms with van der Waals surface area (Å²) < 4.78 is 0. The Balaban J connectivity index is 1.79. The molecule has 2 rings (SSSR count). The molecule has 0 spiro atoms. The Kier molecular flexibility index (Phi) is 4.14. The van der Waals surface area contributed by atoms with Crippen LogP contribution in [0.3, 0.4) is 0 Å². The number of nitrogens with zero attached hydrogens (tertiary/aromatic N) is 3. The number of aromatic nitrogens is 2. The molecule has 1 fully saturated rings. The Morgan fingerprint density at radius 1 is 1.35 bits per heavy atom. The van der Waals surface area contributed by atoms with Crippen LogP contribution in [0.15, 0.2) is 12.4 Å². The second-order valence-corrected chi connectivity index (χ2v) is 4.59. The first-order chi connectivity index (χ1) is 8.28. The molecular formula is C12H21N5. The number of rotatable bonds is 4. The van der Waals surface area contributed by atoms with Crippen molar-refractivity contribution >= 4 is 11.6 Å². The van der Waals surface area contributed by atoms with Gasteiger partial charge in [-0.3, -0.25) is 0 Å². The van der Waals surface area contributed by atoms with E-state index < -0.39 is 0 Å². The van der Waals surface area contributed by atoms with E-state index in [1.54, 1.807) is 12.4 Å². The van der Waals surface area contributed by atoms with Gasteiger partial charge in [0, 0.05) is 19.1 Å². The molecule has 0 atom stereocenters. The molecule has 1 aromatic heterocycles. The molecule has 5 nitrogen and oxygen atoms in total. The first-order valence-corrected chi connectivity index (χ1v) is 6.34. The van der Waals surface area contributed by atoms with E-state index in [1.165, 1.54) is 38.9 Å². The van der Waals surface area contributed by atoms with Crippen molar-refractivity contribution in [2.24, 2.45) is 0 Å². The highest BCUT2D eigenvalue weighted by Crippen LogP contribution is 2.14. The number of nitrogens with one attached hydrogen (secondary N) is 1. The number of likely N-dealkylation sites (tertiary alicyclic amines) is 1. The number of nitrogen functional groups attached to an aromatic ring is 1. The summed E-state index contributed by atoms with van der Waals surface area (Å²) in [5, 5.41) is 3.41. The van der Waals surface area contributed by atoms with E-state index >= 15 is 0 Å². The standard InChI is InChI=1S/C12H21N5/c1-2-5-17-6-3-10(4-7-17)16-12-9-14-11(13)8-15-12/h8-10H,2-7H2,1H3,(H2,13,14)(H,15,16). The molecule has 2 heterocycles. The van der Waals surface area contributed by atoms with Crippen LogP contribution in [0, 0.1) is 0 Å². The minimum atomic E-state index is 0.466. The highest BCUT2D eigenvalue weighted by molar-refractivity contribution is 5.36. The van der Waals surface area contributed by atoms with Gasteiger partial charge in [-0.05, 0) is 25.8 Å². The van der Waals surface area contributed by atoms with E-state index in [9.17, 15) is 0 Å². The van der Waals surface area contributed by atoms with Gasteiger partial charge in [0.15, 0.2) is 0 Å². The second-order valence-electron chi connectivity index (χ2n) is 4.59. The summed E-state index contributed by atoms with van der Waals surface area (Å²) in [6.45, 7) is 5.80. The SMILES string of the molecule is CCCN1CCC(Nc2cnc(N)cn2)CC1. The van der Waals surface area contributed by atoms with Crippen molar-refractivity contribution in [1.82, 2.24) is 14.9 Å². The van der Waals surface area contributed by atoms with Gasteiger partial charge in [0.25, 0.3) is 0 Å². The van der Waals surface area contributed by atoms with Crippen LogP contribution in [0.1, 0.15) is 26.2 Å². The molecule has 1 aliphatic heterocycles. The number of hydrogen-bond acceptors (Lipinski definition) is 5. The predicted molar refractivity (Wildman–Crippen MR) is 69.8 cm³/mol. The van der Waals surface area contributed by atoms with Crippen LogP contribution in [0.25, 0.3) is 0 Å². The Labute approximate surface area is 102 Å². The smallest absolute Gasteiger partial charge is 0.144 e. The Morgan fingerprint density at radius 3 is 2.71 bits per heavy atom. The lowest BCUT2D eigenvalue weighted by Gasteiger charge is -2.32. The van der Waals surface area contributed by atoms with Gasteiger partial charge < -0.3 is 16.0 Å². The molecule has 0 radical (unpaired) electrons. The highest BCUT2D eigenvalue weighted by Gasteiger charge is 2.18. The summed E-state index contributed by atoms with van der Waals surface area (Å²) in [6, 6.07) is 0.515. The first-order valence-electron chi connectivity index (χ1n) is 6.34. The van der Waals surface area contributed by atoms with Gasteiger partial charge in [0.2, 0.25) is 0 Å². The van der Waals surface area contributed by atoms with Crippen LogP contribution < -0.4 is 11.1 Å². The van der Waals surface area contributed by atoms with Crippen LogP contribution >= 0.6 is 0 Å². The lowest BCUT2D eigenvalue weighted by molar-refractivity contribution is 0.219. The van der Waals surface area contributed by atoms with Crippen molar-refractivity contribution in [3.63, 3.8) is 0 Å². The third kappa shape index (κ3) is 3.56. The third-order valence-electron chi connectivity index (χ3n) is 3.15. The summed E-state index contributed by atoms with van der Waals surface area (Å²) >= 11 is 0. The van der Waals surface area contributed by atoms with E-state index in [0.29, 0.717) is 11.9 Å². The number of piperidine rings is 1. The van der Waals surface area contributed by atoms with Crippen molar-refractivity contribution in [3.8, 4) is 0 Å². The van der Waals surface area contributed by atoms with Crippen LogP contribution in [0.4, 0.5) is 11.6 Å².